The maximum Gasteiger partial charge on any atom is 0.251 e. The summed E-state index contributed by atoms with van der Waals surface area (Å²) in [4.78, 5) is 12.8. The molecule has 0 aliphatic carbocycles. The Morgan fingerprint density at radius 1 is 1.08 bits per heavy atom. The number of rotatable bonds is 12. The van der Waals surface area contributed by atoms with Crippen molar-refractivity contribution in [3.05, 3.63) is 59.0 Å². The molecule has 0 radical (unpaired) electrons. The largest absolute Gasteiger partial charge is 0.490 e. The molecule has 0 saturated heterocycles. The Kier molecular flexibility index (Phi) is 9.11. The van der Waals surface area contributed by atoms with Gasteiger partial charge in [-0.15, -0.1) is 0 Å². The van der Waals surface area contributed by atoms with E-state index in [9.17, 15) is 14.4 Å². The number of ether oxygens (including phenoxy) is 3. The first kappa shape index (κ1) is 26.3. The average molecular weight is 496 g/mol. The number of anilines is 1. The van der Waals surface area contributed by atoms with Crippen molar-refractivity contribution in [2.75, 3.05) is 32.1 Å². The number of nitrogens with zero attached hydrogens (tertiary/aromatic N) is 3. The van der Waals surface area contributed by atoms with Gasteiger partial charge in [-0.25, -0.2) is 9.07 Å². The topological polar surface area (TPSA) is 124 Å². The van der Waals surface area contributed by atoms with Gasteiger partial charge in [0.25, 0.3) is 5.91 Å². The van der Waals surface area contributed by atoms with Crippen molar-refractivity contribution in [3.8, 4) is 29.0 Å². The summed E-state index contributed by atoms with van der Waals surface area (Å²) in [6.45, 7) is 7.15. The fraction of sp³-hybridized carbons (Fsp3) is 0.346. The van der Waals surface area contributed by atoms with Crippen LogP contribution in [0.15, 0.2) is 36.4 Å². The van der Waals surface area contributed by atoms with Gasteiger partial charge < -0.3 is 25.3 Å². The lowest BCUT2D eigenvalue weighted by Gasteiger charge is -2.17. The molecule has 0 unspecified atom stereocenters. The van der Waals surface area contributed by atoms with Crippen molar-refractivity contribution < 1.29 is 23.4 Å². The summed E-state index contributed by atoms with van der Waals surface area (Å²) >= 11 is 0. The molecule has 0 saturated carbocycles. The fourth-order valence-corrected chi connectivity index (χ4v) is 3.63. The lowest BCUT2D eigenvalue weighted by atomic mass is 10.1. The van der Waals surface area contributed by atoms with Gasteiger partial charge in [0.1, 0.15) is 23.3 Å². The van der Waals surface area contributed by atoms with Crippen LogP contribution in [0.2, 0.25) is 0 Å². The van der Waals surface area contributed by atoms with Gasteiger partial charge in [-0.05, 0) is 70.0 Å². The van der Waals surface area contributed by atoms with Gasteiger partial charge in [0.15, 0.2) is 11.5 Å². The number of aromatic nitrogens is 2. The molecule has 3 aromatic rings. The monoisotopic (exact) mass is 495 g/mol. The molecule has 0 spiro atoms. The summed E-state index contributed by atoms with van der Waals surface area (Å²) in [5.74, 6) is 0.861. The van der Waals surface area contributed by atoms with E-state index in [2.05, 4.69) is 16.5 Å². The van der Waals surface area contributed by atoms with Gasteiger partial charge in [0.05, 0.1) is 31.2 Å². The van der Waals surface area contributed by atoms with E-state index in [1.165, 1.54) is 28.9 Å². The average Bonchev–Trinajstić information content (AvgIpc) is 3.19. The fourth-order valence-electron chi connectivity index (χ4n) is 3.63. The first-order valence-corrected chi connectivity index (χ1v) is 11.8. The Hall–Kier alpha value is -4.26. The summed E-state index contributed by atoms with van der Waals surface area (Å²) in [6.07, 6.45) is 0.938. The van der Waals surface area contributed by atoms with Crippen LogP contribution in [0.1, 0.15) is 48.8 Å². The Balaban J connectivity index is 1.69. The third kappa shape index (κ3) is 6.05. The highest BCUT2D eigenvalue weighted by Gasteiger charge is 2.19. The quantitative estimate of drug-likeness (QED) is 0.364. The maximum atomic E-state index is 13.3. The number of amides is 1. The van der Waals surface area contributed by atoms with E-state index in [1.54, 1.807) is 12.1 Å². The highest BCUT2D eigenvalue weighted by atomic mass is 19.1. The number of nitrogens with two attached hydrogens (primary N) is 1. The van der Waals surface area contributed by atoms with Gasteiger partial charge in [-0.2, -0.15) is 10.4 Å². The molecule has 3 rings (SSSR count). The van der Waals surface area contributed by atoms with Crippen molar-refractivity contribution >= 4 is 11.7 Å². The highest BCUT2D eigenvalue weighted by Crippen LogP contribution is 2.39. The lowest BCUT2D eigenvalue weighted by molar-refractivity contribution is 0.0952. The minimum absolute atomic E-state index is 0.185. The Bertz CT molecular complexity index is 1210. The van der Waals surface area contributed by atoms with Crippen LogP contribution < -0.4 is 25.3 Å². The first-order valence-electron chi connectivity index (χ1n) is 11.8. The molecule has 1 amide bonds. The van der Waals surface area contributed by atoms with Crippen LogP contribution in [0.3, 0.4) is 0 Å². The predicted molar refractivity (Wildman–Crippen MR) is 133 cm³/mol. The summed E-state index contributed by atoms with van der Waals surface area (Å²) in [5, 5.41) is 16.9. The van der Waals surface area contributed by atoms with E-state index in [0.29, 0.717) is 73.4 Å². The lowest BCUT2D eigenvalue weighted by Crippen LogP contribution is -2.25. The van der Waals surface area contributed by atoms with Crippen molar-refractivity contribution in [1.82, 2.24) is 15.1 Å². The van der Waals surface area contributed by atoms with E-state index in [-0.39, 0.29) is 23.1 Å². The third-order valence-corrected chi connectivity index (χ3v) is 5.22. The number of halogens is 1. The summed E-state index contributed by atoms with van der Waals surface area (Å²) in [7, 11) is 0. The normalized spacial score (nSPS) is 10.5. The number of aryl methyl sites for hydroxylation is 1. The molecular weight excluding hydrogens is 465 g/mol. The summed E-state index contributed by atoms with van der Waals surface area (Å²) in [5.41, 5.74) is 7.81. The zero-order chi connectivity index (χ0) is 26.1. The van der Waals surface area contributed by atoms with E-state index >= 15 is 0 Å². The van der Waals surface area contributed by atoms with Crippen LogP contribution in [0.5, 0.6) is 17.2 Å². The second-order valence-corrected chi connectivity index (χ2v) is 7.67. The smallest absolute Gasteiger partial charge is 0.251 e. The van der Waals surface area contributed by atoms with Crippen LogP contribution in [0.4, 0.5) is 10.2 Å². The standard InChI is InChI=1S/C26H30FN5O4/c1-4-34-22-14-17(15-23(35-5-2)24(22)36-6-3)26(33)30-13-7-8-21-20(16-28)25(29)32(31-21)19-11-9-18(27)10-12-19/h9-12,14-15H,4-8,13,29H2,1-3H3,(H,30,33). The van der Waals surface area contributed by atoms with Crippen LogP contribution in [0.25, 0.3) is 5.69 Å². The number of hydrogen-bond acceptors (Lipinski definition) is 7. The molecule has 3 N–H and O–H groups in total. The Morgan fingerprint density at radius 3 is 2.25 bits per heavy atom. The first-order chi connectivity index (χ1) is 17.4. The molecule has 1 heterocycles. The molecule has 1 aromatic heterocycles. The number of nitriles is 1. The van der Waals surface area contributed by atoms with Crippen LogP contribution in [0, 0.1) is 17.1 Å². The summed E-state index contributed by atoms with van der Waals surface area (Å²) < 4.78 is 31.7. The van der Waals surface area contributed by atoms with E-state index in [4.69, 9.17) is 19.9 Å². The zero-order valence-corrected chi connectivity index (χ0v) is 20.6. The highest BCUT2D eigenvalue weighted by molar-refractivity contribution is 5.95. The minimum atomic E-state index is -0.379. The van der Waals surface area contributed by atoms with Gasteiger partial charge in [0.2, 0.25) is 5.75 Å². The maximum absolute atomic E-state index is 13.3. The molecule has 190 valence electrons. The molecule has 0 bridgehead atoms. The van der Waals surface area contributed by atoms with Crippen LogP contribution in [-0.2, 0) is 6.42 Å². The van der Waals surface area contributed by atoms with Crippen molar-refractivity contribution in [2.45, 2.75) is 33.6 Å². The summed E-state index contributed by atoms with van der Waals surface area (Å²) in [6, 6.07) is 11.0. The molecule has 2 aromatic carbocycles. The Labute approximate surface area is 209 Å². The second-order valence-electron chi connectivity index (χ2n) is 7.67. The van der Waals surface area contributed by atoms with Gasteiger partial charge in [-0.3, -0.25) is 4.79 Å². The molecule has 0 atom stereocenters. The van der Waals surface area contributed by atoms with E-state index in [1.807, 2.05) is 20.8 Å². The molecule has 9 nitrogen and oxygen atoms in total. The number of benzene rings is 2. The van der Waals surface area contributed by atoms with Gasteiger partial charge in [-0.1, -0.05) is 0 Å². The molecule has 0 fully saturated rings. The molecule has 0 aliphatic rings. The second kappa shape index (κ2) is 12.4. The molecule has 36 heavy (non-hydrogen) atoms. The van der Waals surface area contributed by atoms with Gasteiger partial charge in [0, 0.05) is 12.1 Å². The van der Waals surface area contributed by atoms with Gasteiger partial charge >= 0.3 is 0 Å². The number of hydrogen-bond donors (Lipinski definition) is 2. The van der Waals surface area contributed by atoms with E-state index in [0.717, 1.165) is 0 Å². The van der Waals surface area contributed by atoms with Crippen LogP contribution in [-0.4, -0.2) is 42.1 Å². The van der Waals surface area contributed by atoms with Crippen molar-refractivity contribution in [1.29, 1.82) is 5.26 Å². The van der Waals surface area contributed by atoms with Crippen molar-refractivity contribution in [2.24, 2.45) is 0 Å². The number of carbonyl (C=O) groups excluding carboxylic acids is 1. The SMILES string of the molecule is CCOc1cc(C(=O)NCCCc2nn(-c3ccc(F)cc3)c(N)c2C#N)cc(OCC)c1OCC. The minimum Gasteiger partial charge on any atom is -0.490 e. The Morgan fingerprint density at radius 2 is 1.69 bits per heavy atom. The number of nitrogens with one attached hydrogen (secondary N) is 1. The predicted octanol–water partition coefficient (Wildman–Crippen LogP) is 4.02. The van der Waals surface area contributed by atoms with Crippen molar-refractivity contribution in [3.63, 3.8) is 0 Å². The molecule has 10 heteroatoms. The number of carbonyl (C=O) groups is 1. The van der Waals surface area contributed by atoms with E-state index < -0.39 is 0 Å². The number of nitrogen functional groups attached to an aromatic ring is 1. The zero-order valence-electron chi connectivity index (χ0n) is 20.6. The van der Waals surface area contributed by atoms with Crippen LogP contribution >= 0.6 is 0 Å². The molecule has 0 aliphatic heterocycles. The third-order valence-electron chi connectivity index (χ3n) is 5.22. The molecular formula is C26H30FN5O4.